The van der Waals surface area contributed by atoms with Crippen LogP contribution in [-0.4, -0.2) is 0 Å². The molecule has 3 rings (SSSR count). The quantitative estimate of drug-likeness (QED) is 0.395. The molecule has 0 aliphatic carbocycles. The van der Waals surface area contributed by atoms with Gasteiger partial charge >= 0.3 is 0 Å². The summed E-state index contributed by atoms with van der Waals surface area (Å²) in [7, 11) is 0. The first-order valence-corrected chi connectivity index (χ1v) is 10.8. The molecule has 28 heavy (non-hydrogen) atoms. The maximum atomic E-state index is 2.37. The fourth-order valence-electron chi connectivity index (χ4n) is 4.35. The predicted molar refractivity (Wildman–Crippen MR) is 123 cm³/mol. The Labute approximate surface area is 171 Å². The van der Waals surface area contributed by atoms with Gasteiger partial charge in [-0.05, 0) is 90.1 Å². The van der Waals surface area contributed by atoms with Crippen LogP contribution in [0.25, 0.3) is 0 Å². The lowest BCUT2D eigenvalue weighted by Gasteiger charge is -2.25. The Morgan fingerprint density at radius 3 is 1.00 bits per heavy atom. The maximum Gasteiger partial charge on any atom is 0.0347 e. The molecule has 0 nitrogen and oxygen atoms in total. The lowest BCUT2D eigenvalue weighted by Crippen LogP contribution is -2.10. The summed E-state index contributed by atoms with van der Waals surface area (Å²) in [4.78, 5) is 0. The van der Waals surface area contributed by atoms with Gasteiger partial charge < -0.3 is 0 Å². The van der Waals surface area contributed by atoms with Crippen LogP contribution < -0.4 is 0 Å². The molecule has 0 unspecified atom stereocenters. The van der Waals surface area contributed by atoms with Gasteiger partial charge in [-0.1, -0.05) is 75.4 Å². The molecule has 146 valence electrons. The highest BCUT2D eigenvalue weighted by Crippen LogP contribution is 2.38. The molecule has 0 heteroatoms. The van der Waals surface area contributed by atoms with Crippen LogP contribution in [0, 0.1) is 20.8 Å². The molecule has 0 heterocycles. The van der Waals surface area contributed by atoms with Crippen LogP contribution >= 0.6 is 0 Å². The first kappa shape index (κ1) is 20.4. The third-order valence-corrected chi connectivity index (χ3v) is 6.16. The Morgan fingerprint density at radius 2 is 0.786 bits per heavy atom. The minimum atomic E-state index is 0.280. The van der Waals surface area contributed by atoms with Gasteiger partial charge in [-0.2, -0.15) is 0 Å². The van der Waals surface area contributed by atoms with Crippen molar-refractivity contribution in [2.24, 2.45) is 0 Å². The normalized spacial score (nSPS) is 11.2. The predicted octanol–water partition coefficient (Wildman–Crippen LogP) is 7.48. The van der Waals surface area contributed by atoms with Gasteiger partial charge in [-0.3, -0.25) is 0 Å². The van der Waals surface area contributed by atoms with Crippen LogP contribution in [0.4, 0.5) is 0 Å². The minimum Gasteiger partial charge on any atom is -0.0613 e. The van der Waals surface area contributed by atoms with Crippen LogP contribution in [0.1, 0.15) is 76.8 Å². The van der Waals surface area contributed by atoms with Crippen molar-refractivity contribution in [2.75, 3.05) is 0 Å². The molecule has 0 amide bonds. The highest BCUT2D eigenvalue weighted by atomic mass is 14.3. The van der Waals surface area contributed by atoms with Crippen LogP contribution in [-0.2, 0) is 19.3 Å². The van der Waals surface area contributed by atoms with E-state index < -0.39 is 0 Å². The topological polar surface area (TPSA) is 0 Å². The molecular formula is C28H34. The molecule has 0 saturated heterocycles. The van der Waals surface area contributed by atoms with Gasteiger partial charge in [0.05, 0.1) is 0 Å². The molecule has 0 spiro atoms. The first-order valence-electron chi connectivity index (χ1n) is 10.8. The molecule has 0 radical (unpaired) electrons. The van der Waals surface area contributed by atoms with Gasteiger partial charge in [0.15, 0.2) is 0 Å². The van der Waals surface area contributed by atoms with E-state index in [4.69, 9.17) is 0 Å². The van der Waals surface area contributed by atoms with Crippen molar-refractivity contribution in [1.29, 1.82) is 0 Å². The van der Waals surface area contributed by atoms with Gasteiger partial charge in [0.1, 0.15) is 0 Å². The summed E-state index contributed by atoms with van der Waals surface area (Å²) >= 11 is 0. The summed E-state index contributed by atoms with van der Waals surface area (Å²) in [6.07, 6.45) is 3.25. The Kier molecular flexibility index (Phi) is 6.39. The smallest absolute Gasteiger partial charge is 0.0347 e. The summed E-state index contributed by atoms with van der Waals surface area (Å²) < 4.78 is 0. The van der Waals surface area contributed by atoms with Crippen molar-refractivity contribution in [3.8, 4) is 0 Å². The van der Waals surface area contributed by atoms with Crippen LogP contribution in [0.3, 0.4) is 0 Å². The van der Waals surface area contributed by atoms with E-state index in [0.29, 0.717) is 0 Å². The van der Waals surface area contributed by atoms with Gasteiger partial charge in [-0.15, -0.1) is 0 Å². The largest absolute Gasteiger partial charge is 0.0613 e. The van der Waals surface area contributed by atoms with Gasteiger partial charge in [0.25, 0.3) is 0 Å². The molecule has 0 N–H and O–H groups in total. The summed E-state index contributed by atoms with van der Waals surface area (Å²) in [6, 6.07) is 21.1. The highest BCUT2D eigenvalue weighted by molar-refractivity contribution is 5.52. The molecule has 0 bridgehead atoms. The third-order valence-electron chi connectivity index (χ3n) is 6.16. The lowest BCUT2D eigenvalue weighted by atomic mass is 9.78. The standard InChI is InChI=1S/C28H34/c1-7-22-10-13-25(19(4)16-22)28(26-14-11-23(8-2)17-20(26)5)27-15-12-24(9-3)18-21(27)6/h10-18,28H,7-9H2,1-6H3. The van der Waals surface area contributed by atoms with Gasteiger partial charge in [0, 0.05) is 5.92 Å². The molecule has 0 saturated carbocycles. The zero-order valence-electron chi connectivity index (χ0n) is 18.4. The number of benzene rings is 3. The number of hydrogen-bond donors (Lipinski definition) is 0. The van der Waals surface area contributed by atoms with Crippen molar-refractivity contribution >= 4 is 0 Å². The molecule has 0 fully saturated rings. The van der Waals surface area contributed by atoms with E-state index in [1.807, 2.05) is 0 Å². The van der Waals surface area contributed by atoms with Crippen molar-refractivity contribution in [2.45, 2.75) is 66.7 Å². The number of rotatable bonds is 6. The molecular weight excluding hydrogens is 336 g/mol. The van der Waals surface area contributed by atoms with Crippen molar-refractivity contribution < 1.29 is 0 Å². The van der Waals surface area contributed by atoms with Crippen molar-refractivity contribution in [1.82, 2.24) is 0 Å². The average molecular weight is 371 g/mol. The second kappa shape index (κ2) is 8.78. The Bertz CT molecular complexity index is 835. The molecule has 0 aromatic heterocycles. The third kappa shape index (κ3) is 4.07. The fraction of sp³-hybridized carbons (Fsp3) is 0.357. The highest BCUT2D eigenvalue weighted by Gasteiger charge is 2.22. The van der Waals surface area contributed by atoms with E-state index in [1.165, 1.54) is 50.1 Å². The van der Waals surface area contributed by atoms with E-state index in [0.717, 1.165) is 19.3 Å². The van der Waals surface area contributed by atoms with Gasteiger partial charge in [-0.25, -0.2) is 0 Å². The Balaban J connectivity index is 2.23. The van der Waals surface area contributed by atoms with E-state index in [2.05, 4.69) is 96.1 Å². The Hall–Kier alpha value is -2.34. The Morgan fingerprint density at radius 1 is 0.500 bits per heavy atom. The van der Waals surface area contributed by atoms with Gasteiger partial charge in [0.2, 0.25) is 0 Å². The van der Waals surface area contributed by atoms with E-state index in [-0.39, 0.29) is 5.92 Å². The molecule has 0 aliphatic heterocycles. The van der Waals surface area contributed by atoms with Crippen molar-refractivity contribution in [3.63, 3.8) is 0 Å². The van der Waals surface area contributed by atoms with E-state index in [9.17, 15) is 0 Å². The van der Waals surface area contributed by atoms with Crippen LogP contribution in [0.15, 0.2) is 54.6 Å². The average Bonchev–Trinajstić information content (AvgIpc) is 2.70. The summed E-state index contributed by atoms with van der Waals surface area (Å²) in [5.41, 5.74) is 12.7. The summed E-state index contributed by atoms with van der Waals surface area (Å²) in [5, 5.41) is 0. The lowest BCUT2D eigenvalue weighted by molar-refractivity contribution is 0.925. The molecule has 0 atom stereocenters. The van der Waals surface area contributed by atoms with Crippen LogP contribution in [0.2, 0.25) is 0 Å². The summed E-state index contributed by atoms with van der Waals surface area (Å²) in [6.45, 7) is 13.5. The fourth-order valence-corrected chi connectivity index (χ4v) is 4.35. The zero-order chi connectivity index (χ0) is 20.3. The second-order valence-corrected chi connectivity index (χ2v) is 8.07. The van der Waals surface area contributed by atoms with Crippen LogP contribution in [0.5, 0.6) is 0 Å². The number of hydrogen-bond acceptors (Lipinski definition) is 0. The molecule has 3 aromatic carbocycles. The molecule has 3 aromatic rings. The zero-order valence-corrected chi connectivity index (χ0v) is 18.4. The minimum absolute atomic E-state index is 0.280. The summed E-state index contributed by atoms with van der Waals surface area (Å²) in [5.74, 6) is 0.280. The SMILES string of the molecule is CCc1ccc(C(c2ccc(CC)cc2C)c2ccc(CC)cc2C)c(C)c1. The first-order chi connectivity index (χ1) is 13.5. The molecule has 0 aliphatic rings. The second-order valence-electron chi connectivity index (χ2n) is 8.07. The monoisotopic (exact) mass is 370 g/mol. The number of aryl methyl sites for hydroxylation is 6. The van der Waals surface area contributed by atoms with Crippen molar-refractivity contribution in [3.05, 3.63) is 105 Å². The maximum absolute atomic E-state index is 2.37. The van der Waals surface area contributed by atoms with E-state index in [1.54, 1.807) is 0 Å². The van der Waals surface area contributed by atoms with E-state index >= 15 is 0 Å².